The van der Waals surface area contributed by atoms with E-state index in [0.717, 1.165) is 40.8 Å². The first-order chi connectivity index (χ1) is 19.3. The van der Waals surface area contributed by atoms with E-state index in [0.29, 0.717) is 31.1 Å². The average Bonchev–Trinajstić information content (AvgIpc) is 2.96. The molecule has 1 N–H and O–H groups in total. The summed E-state index contributed by atoms with van der Waals surface area (Å²) in [6.07, 6.45) is 11.5. The van der Waals surface area contributed by atoms with Crippen molar-refractivity contribution >= 4 is 23.5 Å². The zero-order valence-corrected chi connectivity index (χ0v) is 26.0. The van der Waals surface area contributed by atoms with Crippen LogP contribution < -0.4 is 5.32 Å². The lowest BCUT2D eigenvalue weighted by molar-refractivity contribution is -0.118. The maximum atomic E-state index is 13.5. The molecule has 1 saturated carbocycles. The molecule has 1 fully saturated rings. The topological polar surface area (TPSA) is 64.6 Å². The second-order valence-electron chi connectivity index (χ2n) is 11.3. The minimum atomic E-state index is -0.487. The highest BCUT2D eigenvalue weighted by Gasteiger charge is 2.23. The monoisotopic (exact) mass is 567 g/mol. The van der Waals surface area contributed by atoms with Gasteiger partial charge in [0.25, 0.3) is 5.91 Å². The summed E-state index contributed by atoms with van der Waals surface area (Å²) in [7, 11) is 0. The third-order valence-electron chi connectivity index (χ3n) is 8.12. The molecule has 0 saturated heterocycles. The number of carbonyl (C=O) groups is 2. The molecule has 0 heterocycles. The lowest BCUT2D eigenvalue weighted by atomic mass is 9.85. The molecular weight excluding hydrogens is 518 g/mol. The lowest BCUT2D eigenvalue weighted by Gasteiger charge is -2.27. The number of rotatable bonds is 16. The molecular formula is C34H49NO4S. The second-order valence-corrected chi connectivity index (χ2v) is 12.3. The molecule has 0 spiro atoms. The predicted octanol–water partition coefficient (Wildman–Crippen LogP) is 7.77. The normalized spacial score (nSPS) is 16.3. The fourth-order valence-corrected chi connectivity index (χ4v) is 5.88. The summed E-state index contributed by atoms with van der Waals surface area (Å²) in [5, 5.41) is 3.00. The maximum absolute atomic E-state index is 13.5. The Morgan fingerprint density at radius 1 is 1.05 bits per heavy atom. The SMILES string of the molecule is CCC(C)OC[C@H](CC1CCCCC1)OCc1ccc(C(=O)N[C@@H](CCSC)C(C)=O)c(-c2ccccc2C)c1. The fraction of sp³-hybridized carbons (Fsp3) is 0.588. The summed E-state index contributed by atoms with van der Waals surface area (Å²) in [5.41, 5.74) is 4.57. The first kappa shape index (κ1) is 32.4. The number of Topliss-reactive ketones (excluding diaryl/α,β-unsaturated/α-hetero) is 1. The number of carbonyl (C=O) groups excluding carboxylic acids is 2. The van der Waals surface area contributed by atoms with Gasteiger partial charge in [-0.3, -0.25) is 9.59 Å². The van der Waals surface area contributed by atoms with Gasteiger partial charge in [-0.15, -0.1) is 0 Å². The van der Waals surface area contributed by atoms with Gasteiger partial charge in [0.2, 0.25) is 0 Å². The van der Waals surface area contributed by atoms with E-state index < -0.39 is 6.04 Å². The number of ether oxygens (including phenoxy) is 2. The summed E-state index contributed by atoms with van der Waals surface area (Å²) in [6.45, 7) is 8.94. The van der Waals surface area contributed by atoms with Crippen LogP contribution in [0.5, 0.6) is 0 Å². The molecule has 1 aliphatic carbocycles. The number of hydrogen-bond acceptors (Lipinski definition) is 5. The van der Waals surface area contributed by atoms with E-state index in [4.69, 9.17) is 9.47 Å². The number of nitrogens with one attached hydrogen (secondary N) is 1. The molecule has 1 amide bonds. The van der Waals surface area contributed by atoms with Crippen LogP contribution in [0.25, 0.3) is 11.1 Å². The molecule has 40 heavy (non-hydrogen) atoms. The fourth-order valence-electron chi connectivity index (χ4n) is 5.41. The van der Waals surface area contributed by atoms with Crippen molar-refractivity contribution in [2.24, 2.45) is 5.92 Å². The van der Waals surface area contributed by atoms with Crippen LogP contribution in [-0.4, -0.2) is 48.6 Å². The first-order valence-corrected chi connectivity index (χ1v) is 16.4. The summed E-state index contributed by atoms with van der Waals surface area (Å²) in [5.74, 6) is 1.28. The summed E-state index contributed by atoms with van der Waals surface area (Å²) in [4.78, 5) is 25.7. The van der Waals surface area contributed by atoms with E-state index in [1.54, 1.807) is 18.7 Å². The predicted molar refractivity (Wildman–Crippen MR) is 167 cm³/mol. The number of ketones is 1. The Hall–Kier alpha value is -2.15. The van der Waals surface area contributed by atoms with Gasteiger partial charge in [0, 0.05) is 5.56 Å². The molecule has 6 heteroatoms. The first-order valence-electron chi connectivity index (χ1n) is 15.0. The molecule has 1 aliphatic rings. The Morgan fingerprint density at radius 3 is 2.48 bits per heavy atom. The molecule has 0 aromatic heterocycles. The van der Waals surface area contributed by atoms with Crippen LogP contribution in [0.1, 0.15) is 93.6 Å². The maximum Gasteiger partial charge on any atom is 0.252 e. The molecule has 0 bridgehead atoms. The zero-order chi connectivity index (χ0) is 28.9. The van der Waals surface area contributed by atoms with Gasteiger partial charge in [-0.05, 0) is 92.3 Å². The number of amides is 1. The van der Waals surface area contributed by atoms with Crippen molar-refractivity contribution in [3.8, 4) is 11.1 Å². The molecule has 2 aromatic carbocycles. The van der Waals surface area contributed by atoms with Gasteiger partial charge < -0.3 is 14.8 Å². The van der Waals surface area contributed by atoms with E-state index in [9.17, 15) is 9.59 Å². The van der Waals surface area contributed by atoms with Gasteiger partial charge in [0.15, 0.2) is 5.78 Å². The van der Waals surface area contributed by atoms with Gasteiger partial charge in [0.1, 0.15) is 0 Å². The molecule has 5 nitrogen and oxygen atoms in total. The minimum absolute atomic E-state index is 0.0199. The van der Waals surface area contributed by atoms with Crippen LogP contribution in [0, 0.1) is 12.8 Å². The van der Waals surface area contributed by atoms with Gasteiger partial charge >= 0.3 is 0 Å². The van der Waals surface area contributed by atoms with Crippen molar-refractivity contribution in [2.45, 2.75) is 104 Å². The number of hydrogen-bond donors (Lipinski definition) is 1. The smallest absolute Gasteiger partial charge is 0.252 e. The van der Waals surface area contributed by atoms with Crippen molar-refractivity contribution in [2.75, 3.05) is 18.6 Å². The number of thioether (sulfide) groups is 1. The van der Waals surface area contributed by atoms with Crippen molar-refractivity contribution in [3.63, 3.8) is 0 Å². The average molecular weight is 568 g/mol. The Balaban J connectivity index is 1.82. The van der Waals surface area contributed by atoms with Crippen LogP contribution in [0.2, 0.25) is 0 Å². The van der Waals surface area contributed by atoms with E-state index >= 15 is 0 Å². The molecule has 3 rings (SSSR count). The van der Waals surface area contributed by atoms with Crippen LogP contribution in [0.4, 0.5) is 0 Å². The molecule has 0 aliphatic heterocycles. The quantitative estimate of drug-likeness (QED) is 0.224. The van der Waals surface area contributed by atoms with E-state index in [2.05, 4.69) is 38.2 Å². The highest BCUT2D eigenvalue weighted by molar-refractivity contribution is 7.98. The van der Waals surface area contributed by atoms with Gasteiger partial charge in [-0.1, -0.05) is 69.4 Å². The van der Waals surface area contributed by atoms with Crippen molar-refractivity contribution in [3.05, 3.63) is 59.2 Å². The van der Waals surface area contributed by atoms with Crippen molar-refractivity contribution < 1.29 is 19.1 Å². The summed E-state index contributed by atoms with van der Waals surface area (Å²) in [6, 6.07) is 13.6. The molecule has 220 valence electrons. The Labute approximate surface area is 246 Å². The molecule has 3 atom stereocenters. The lowest BCUT2D eigenvalue weighted by Crippen LogP contribution is -2.40. The van der Waals surface area contributed by atoms with Crippen molar-refractivity contribution in [1.82, 2.24) is 5.32 Å². The van der Waals surface area contributed by atoms with E-state index in [1.807, 2.05) is 36.6 Å². The molecule has 1 unspecified atom stereocenters. The van der Waals surface area contributed by atoms with Crippen LogP contribution in [0.15, 0.2) is 42.5 Å². The Bertz CT molecular complexity index is 1080. The second kappa shape index (κ2) is 17.0. The van der Waals surface area contributed by atoms with Crippen LogP contribution >= 0.6 is 11.8 Å². The van der Waals surface area contributed by atoms with Crippen molar-refractivity contribution in [1.29, 1.82) is 0 Å². The van der Waals surface area contributed by atoms with Crippen LogP contribution in [0.3, 0.4) is 0 Å². The third-order valence-corrected chi connectivity index (χ3v) is 8.76. The Kier molecular flexibility index (Phi) is 13.7. The molecule has 2 aromatic rings. The summed E-state index contributed by atoms with van der Waals surface area (Å²) >= 11 is 1.67. The largest absolute Gasteiger partial charge is 0.376 e. The van der Waals surface area contributed by atoms with E-state index in [1.165, 1.54) is 32.1 Å². The Morgan fingerprint density at radius 2 is 1.80 bits per heavy atom. The standard InChI is InChI=1S/C34H49NO4S/c1-6-25(3)38-23-29(20-27-13-8-7-9-14-27)39-22-28-16-17-31(32(21-28)30-15-11-10-12-24(30)2)34(37)35-33(26(4)36)18-19-40-5/h10-12,15-17,21,25,27,29,33H,6-9,13-14,18-20,22-23H2,1-5H3,(H,35,37)/t25?,29-,33-/m0/s1. The highest BCUT2D eigenvalue weighted by Crippen LogP contribution is 2.31. The third kappa shape index (κ3) is 10.0. The highest BCUT2D eigenvalue weighted by atomic mass is 32.2. The van der Waals surface area contributed by atoms with E-state index in [-0.39, 0.29) is 23.9 Å². The van der Waals surface area contributed by atoms with Gasteiger partial charge in [0.05, 0.1) is 31.5 Å². The number of benzene rings is 2. The number of aryl methyl sites for hydroxylation is 1. The van der Waals surface area contributed by atoms with Gasteiger partial charge in [-0.2, -0.15) is 11.8 Å². The van der Waals surface area contributed by atoms with Crippen LogP contribution in [-0.2, 0) is 20.9 Å². The summed E-state index contributed by atoms with van der Waals surface area (Å²) < 4.78 is 12.6. The minimum Gasteiger partial charge on any atom is -0.376 e. The zero-order valence-electron chi connectivity index (χ0n) is 25.2. The molecule has 0 radical (unpaired) electrons. The van der Waals surface area contributed by atoms with Gasteiger partial charge in [-0.25, -0.2) is 0 Å².